The van der Waals surface area contributed by atoms with E-state index in [-0.39, 0.29) is 0 Å². The lowest BCUT2D eigenvalue weighted by molar-refractivity contribution is 0.687. The van der Waals surface area contributed by atoms with Crippen molar-refractivity contribution in [3.8, 4) is 11.8 Å². The quantitative estimate of drug-likeness (QED) is 0.886. The third kappa shape index (κ3) is 2.27. The third-order valence-electron chi connectivity index (χ3n) is 3.10. The molecule has 0 amide bonds. The molecule has 0 spiro atoms. The highest BCUT2D eigenvalue weighted by atomic mass is 15.3. The molecule has 0 radical (unpaired) electrons. The summed E-state index contributed by atoms with van der Waals surface area (Å²) in [7, 11) is 0. The molecule has 3 rings (SSSR count). The normalized spacial score (nSPS) is 14.4. The topological polar surface area (TPSA) is 53.6 Å². The Morgan fingerprint density at radius 3 is 3.00 bits per heavy atom. The van der Waals surface area contributed by atoms with Gasteiger partial charge in [0.2, 0.25) is 0 Å². The minimum Gasteiger partial charge on any atom is -0.310 e. The molecule has 1 heterocycles. The first-order chi connectivity index (χ1) is 8.86. The van der Waals surface area contributed by atoms with E-state index in [1.54, 1.807) is 10.9 Å². The maximum Gasteiger partial charge on any atom is 0.101 e. The van der Waals surface area contributed by atoms with Crippen molar-refractivity contribution in [1.82, 2.24) is 15.1 Å². The summed E-state index contributed by atoms with van der Waals surface area (Å²) in [6, 6.07) is 10.7. The Hall–Kier alpha value is -2.12. The molecule has 2 aromatic rings. The first-order valence-corrected chi connectivity index (χ1v) is 6.13. The lowest BCUT2D eigenvalue weighted by atomic mass is 10.1. The van der Waals surface area contributed by atoms with Crippen molar-refractivity contribution in [3.63, 3.8) is 0 Å². The van der Waals surface area contributed by atoms with Crippen molar-refractivity contribution in [2.75, 3.05) is 0 Å². The van der Waals surface area contributed by atoms with Gasteiger partial charge >= 0.3 is 0 Å². The number of nitrogens with one attached hydrogen (secondary N) is 1. The van der Waals surface area contributed by atoms with Crippen molar-refractivity contribution in [2.45, 2.75) is 25.4 Å². The van der Waals surface area contributed by atoms with Crippen molar-refractivity contribution in [1.29, 1.82) is 5.26 Å². The molecule has 1 saturated carbocycles. The molecule has 0 saturated heterocycles. The second kappa shape index (κ2) is 4.63. The molecule has 18 heavy (non-hydrogen) atoms. The average molecular weight is 238 g/mol. The van der Waals surface area contributed by atoms with Crippen LogP contribution in [-0.2, 0) is 6.54 Å². The summed E-state index contributed by atoms with van der Waals surface area (Å²) in [5.74, 6) is 0. The zero-order valence-electron chi connectivity index (χ0n) is 10.0. The largest absolute Gasteiger partial charge is 0.310 e. The standard InChI is InChI=1S/C14H14N4/c15-9-12-8-11(10-16-13-3-4-13)2-5-14(12)18-7-1-6-17-18/h1-2,5-8,13,16H,3-4,10H2. The van der Waals surface area contributed by atoms with Crippen molar-refractivity contribution < 1.29 is 0 Å². The van der Waals surface area contributed by atoms with Gasteiger partial charge in [-0.15, -0.1) is 0 Å². The monoisotopic (exact) mass is 238 g/mol. The maximum atomic E-state index is 9.22. The van der Waals surface area contributed by atoms with Crippen LogP contribution < -0.4 is 5.32 Å². The van der Waals surface area contributed by atoms with E-state index in [0.717, 1.165) is 17.8 Å². The van der Waals surface area contributed by atoms with Gasteiger partial charge in [0.15, 0.2) is 0 Å². The highest BCUT2D eigenvalue weighted by Crippen LogP contribution is 2.20. The fourth-order valence-electron chi connectivity index (χ4n) is 1.94. The highest BCUT2D eigenvalue weighted by Gasteiger charge is 2.20. The van der Waals surface area contributed by atoms with E-state index >= 15 is 0 Å². The second-order valence-electron chi connectivity index (χ2n) is 4.57. The van der Waals surface area contributed by atoms with E-state index in [9.17, 15) is 5.26 Å². The van der Waals surface area contributed by atoms with Crippen LogP contribution in [-0.4, -0.2) is 15.8 Å². The van der Waals surface area contributed by atoms with Crippen LogP contribution >= 0.6 is 0 Å². The predicted octanol–water partition coefficient (Wildman–Crippen LogP) is 2.00. The van der Waals surface area contributed by atoms with E-state index in [2.05, 4.69) is 16.5 Å². The lowest BCUT2D eigenvalue weighted by Gasteiger charge is -2.07. The molecule has 1 aromatic heterocycles. The van der Waals surface area contributed by atoms with Crippen LogP contribution in [0.2, 0.25) is 0 Å². The second-order valence-corrected chi connectivity index (χ2v) is 4.57. The Bertz CT molecular complexity index is 576. The summed E-state index contributed by atoms with van der Waals surface area (Å²) < 4.78 is 1.72. The van der Waals surface area contributed by atoms with Crippen molar-refractivity contribution >= 4 is 0 Å². The number of benzene rings is 1. The Kier molecular flexibility index (Phi) is 2.83. The van der Waals surface area contributed by atoms with Crippen LogP contribution in [0.4, 0.5) is 0 Å². The fourth-order valence-corrected chi connectivity index (χ4v) is 1.94. The summed E-state index contributed by atoms with van der Waals surface area (Å²) in [6.07, 6.45) is 6.11. The summed E-state index contributed by atoms with van der Waals surface area (Å²) in [6.45, 7) is 0.832. The molecule has 1 fully saturated rings. The van der Waals surface area contributed by atoms with Gasteiger partial charge < -0.3 is 5.32 Å². The Morgan fingerprint density at radius 1 is 1.44 bits per heavy atom. The van der Waals surface area contributed by atoms with E-state index in [4.69, 9.17) is 0 Å². The molecule has 0 aliphatic heterocycles. The molecule has 0 bridgehead atoms. The number of aromatic nitrogens is 2. The van der Waals surface area contributed by atoms with Crippen LogP contribution in [0.1, 0.15) is 24.0 Å². The molecule has 90 valence electrons. The van der Waals surface area contributed by atoms with Crippen LogP contribution in [0.15, 0.2) is 36.7 Å². The van der Waals surface area contributed by atoms with Gasteiger partial charge in [0.05, 0.1) is 11.3 Å². The van der Waals surface area contributed by atoms with Gasteiger partial charge in [0.1, 0.15) is 6.07 Å². The maximum absolute atomic E-state index is 9.22. The molecule has 0 atom stereocenters. The Morgan fingerprint density at radius 2 is 2.33 bits per heavy atom. The minimum atomic E-state index is 0.661. The van der Waals surface area contributed by atoms with Gasteiger partial charge in [-0.05, 0) is 36.6 Å². The first-order valence-electron chi connectivity index (χ1n) is 6.13. The van der Waals surface area contributed by atoms with E-state index in [1.807, 2.05) is 30.5 Å². The van der Waals surface area contributed by atoms with Gasteiger partial charge in [-0.2, -0.15) is 10.4 Å². The van der Waals surface area contributed by atoms with E-state index in [1.165, 1.54) is 12.8 Å². The van der Waals surface area contributed by atoms with Gasteiger partial charge in [0, 0.05) is 25.0 Å². The van der Waals surface area contributed by atoms with Gasteiger partial charge in [-0.3, -0.25) is 0 Å². The first kappa shape index (κ1) is 11.0. The molecule has 1 aromatic carbocycles. The van der Waals surface area contributed by atoms with Crippen LogP contribution in [0, 0.1) is 11.3 Å². The molecule has 0 unspecified atom stereocenters. The third-order valence-corrected chi connectivity index (χ3v) is 3.10. The predicted molar refractivity (Wildman–Crippen MR) is 68.1 cm³/mol. The highest BCUT2D eigenvalue weighted by molar-refractivity contribution is 5.50. The van der Waals surface area contributed by atoms with E-state index in [0.29, 0.717) is 11.6 Å². The minimum absolute atomic E-state index is 0.661. The summed E-state index contributed by atoms with van der Waals surface area (Å²) >= 11 is 0. The van der Waals surface area contributed by atoms with Crippen molar-refractivity contribution in [2.24, 2.45) is 0 Å². The summed E-state index contributed by atoms with van der Waals surface area (Å²) in [5, 5.41) is 16.8. The Balaban J connectivity index is 1.85. The molecular weight excluding hydrogens is 224 g/mol. The number of hydrogen-bond donors (Lipinski definition) is 1. The van der Waals surface area contributed by atoms with Crippen molar-refractivity contribution in [3.05, 3.63) is 47.8 Å². The fraction of sp³-hybridized carbons (Fsp3) is 0.286. The molecule has 1 aliphatic rings. The number of hydrogen-bond acceptors (Lipinski definition) is 3. The van der Waals surface area contributed by atoms with Gasteiger partial charge in [-0.1, -0.05) is 6.07 Å². The molecule has 1 aliphatic carbocycles. The summed E-state index contributed by atoms with van der Waals surface area (Å²) in [5.41, 5.74) is 2.64. The molecule has 4 nitrogen and oxygen atoms in total. The van der Waals surface area contributed by atoms with E-state index < -0.39 is 0 Å². The molecule has 1 N–H and O–H groups in total. The van der Waals surface area contributed by atoms with Crippen LogP contribution in [0.3, 0.4) is 0 Å². The van der Waals surface area contributed by atoms with Gasteiger partial charge in [-0.25, -0.2) is 4.68 Å². The van der Waals surface area contributed by atoms with Gasteiger partial charge in [0.25, 0.3) is 0 Å². The van der Waals surface area contributed by atoms with Crippen LogP contribution in [0.5, 0.6) is 0 Å². The number of nitriles is 1. The zero-order chi connectivity index (χ0) is 12.4. The van der Waals surface area contributed by atoms with Crippen LogP contribution in [0.25, 0.3) is 5.69 Å². The number of rotatable bonds is 4. The SMILES string of the molecule is N#Cc1cc(CNC2CC2)ccc1-n1cccn1. The molecule has 4 heteroatoms. The Labute approximate surface area is 106 Å². The lowest BCUT2D eigenvalue weighted by Crippen LogP contribution is -2.15. The zero-order valence-corrected chi connectivity index (χ0v) is 10.0. The number of nitrogens with zero attached hydrogens (tertiary/aromatic N) is 3. The summed E-state index contributed by atoms with van der Waals surface area (Å²) in [4.78, 5) is 0. The average Bonchev–Trinajstić information content (AvgIpc) is 3.08. The molecular formula is C14H14N4. The smallest absolute Gasteiger partial charge is 0.101 e.